The van der Waals surface area contributed by atoms with Crippen LogP contribution in [0.25, 0.3) is 10.9 Å². The quantitative estimate of drug-likeness (QED) is 0.848. The van der Waals surface area contributed by atoms with Crippen LogP contribution in [0.4, 0.5) is 0 Å². The van der Waals surface area contributed by atoms with Crippen molar-refractivity contribution in [3.63, 3.8) is 0 Å². The van der Waals surface area contributed by atoms with Gasteiger partial charge in [0, 0.05) is 17.1 Å². The first-order chi connectivity index (χ1) is 8.21. The number of rotatable bonds is 3. The Balaban J connectivity index is 2.10. The van der Waals surface area contributed by atoms with E-state index in [1.165, 1.54) is 0 Å². The maximum Gasteiger partial charge on any atom is 0.304 e. The number of H-pyrrole nitrogens is 1. The molecular formula is C13H13NO3. The molecule has 1 aliphatic heterocycles. The highest BCUT2D eigenvalue weighted by molar-refractivity contribution is 5.85. The maximum atomic E-state index is 11.0. The van der Waals surface area contributed by atoms with Gasteiger partial charge in [-0.3, -0.25) is 4.79 Å². The van der Waals surface area contributed by atoms with Gasteiger partial charge in [0.1, 0.15) is 0 Å². The molecule has 0 amide bonds. The van der Waals surface area contributed by atoms with Crippen molar-refractivity contribution in [2.75, 3.05) is 13.2 Å². The molecule has 1 fully saturated rings. The minimum atomic E-state index is -0.779. The van der Waals surface area contributed by atoms with Gasteiger partial charge in [0.2, 0.25) is 0 Å². The van der Waals surface area contributed by atoms with E-state index in [1.807, 2.05) is 30.5 Å². The van der Waals surface area contributed by atoms with Gasteiger partial charge in [0.05, 0.1) is 25.0 Å². The highest BCUT2D eigenvalue weighted by atomic mass is 16.5. The number of para-hydroxylation sites is 1. The summed E-state index contributed by atoms with van der Waals surface area (Å²) in [5.41, 5.74) is 1.74. The number of benzene rings is 1. The molecule has 2 N–H and O–H groups in total. The van der Waals surface area contributed by atoms with Crippen LogP contribution in [0.1, 0.15) is 12.0 Å². The fraction of sp³-hybridized carbons (Fsp3) is 0.308. The lowest BCUT2D eigenvalue weighted by molar-refractivity contribution is -0.145. The van der Waals surface area contributed by atoms with E-state index in [9.17, 15) is 4.79 Å². The van der Waals surface area contributed by atoms with Crippen molar-refractivity contribution in [3.8, 4) is 0 Å². The Hall–Kier alpha value is -1.81. The molecule has 0 saturated carbocycles. The molecule has 0 atom stereocenters. The summed E-state index contributed by atoms with van der Waals surface area (Å²) in [4.78, 5) is 14.2. The first-order valence-electron chi connectivity index (χ1n) is 5.57. The molecule has 0 bridgehead atoms. The number of aliphatic carboxylic acids is 1. The van der Waals surface area contributed by atoms with Gasteiger partial charge in [0.15, 0.2) is 0 Å². The third-order valence-corrected chi connectivity index (χ3v) is 3.41. The van der Waals surface area contributed by atoms with Gasteiger partial charge < -0.3 is 14.8 Å². The summed E-state index contributed by atoms with van der Waals surface area (Å²) >= 11 is 0. The highest BCUT2D eigenvalue weighted by Crippen LogP contribution is 2.39. The number of aromatic amines is 1. The van der Waals surface area contributed by atoms with Crippen LogP contribution in [0.15, 0.2) is 30.5 Å². The summed E-state index contributed by atoms with van der Waals surface area (Å²) in [6.07, 6.45) is 2.03. The number of ether oxygens (including phenoxy) is 1. The number of carboxylic acids is 1. The molecule has 2 aromatic rings. The molecule has 1 aliphatic rings. The first-order valence-corrected chi connectivity index (χ1v) is 5.57. The van der Waals surface area contributed by atoms with Gasteiger partial charge in [-0.05, 0) is 11.6 Å². The summed E-state index contributed by atoms with van der Waals surface area (Å²) in [7, 11) is 0. The van der Waals surface area contributed by atoms with Crippen molar-refractivity contribution < 1.29 is 14.6 Å². The van der Waals surface area contributed by atoms with E-state index in [-0.39, 0.29) is 11.8 Å². The monoisotopic (exact) mass is 231 g/mol. The molecule has 0 spiro atoms. The zero-order chi connectivity index (χ0) is 11.9. The molecule has 4 heteroatoms. The van der Waals surface area contributed by atoms with E-state index < -0.39 is 5.97 Å². The lowest BCUT2D eigenvalue weighted by Crippen LogP contribution is -2.48. The predicted molar refractivity (Wildman–Crippen MR) is 63.0 cm³/mol. The summed E-state index contributed by atoms with van der Waals surface area (Å²) < 4.78 is 5.23. The van der Waals surface area contributed by atoms with E-state index in [0.29, 0.717) is 13.2 Å². The summed E-state index contributed by atoms with van der Waals surface area (Å²) in [5, 5.41) is 10.1. The number of carboxylic acid groups (broad SMARTS) is 1. The van der Waals surface area contributed by atoms with Gasteiger partial charge in [-0.15, -0.1) is 0 Å². The van der Waals surface area contributed by atoms with Gasteiger partial charge in [-0.2, -0.15) is 0 Å². The fourth-order valence-corrected chi connectivity index (χ4v) is 2.50. The average Bonchev–Trinajstić information content (AvgIpc) is 2.67. The van der Waals surface area contributed by atoms with Crippen LogP contribution >= 0.6 is 0 Å². The number of nitrogens with one attached hydrogen (secondary N) is 1. The van der Waals surface area contributed by atoms with E-state index in [4.69, 9.17) is 9.84 Å². The summed E-state index contributed by atoms with van der Waals surface area (Å²) in [6.45, 7) is 0.974. The number of carbonyl (C=O) groups is 1. The van der Waals surface area contributed by atoms with Crippen molar-refractivity contribution in [3.05, 3.63) is 36.0 Å². The van der Waals surface area contributed by atoms with Crippen molar-refractivity contribution in [2.24, 2.45) is 0 Å². The van der Waals surface area contributed by atoms with Crippen LogP contribution in [0.5, 0.6) is 0 Å². The van der Waals surface area contributed by atoms with Gasteiger partial charge in [-0.25, -0.2) is 0 Å². The van der Waals surface area contributed by atoms with Gasteiger partial charge >= 0.3 is 5.97 Å². The smallest absolute Gasteiger partial charge is 0.304 e. The lowest BCUT2D eigenvalue weighted by atomic mass is 9.76. The molecule has 2 heterocycles. The minimum Gasteiger partial charge on any atom is -0.481 e. The SMILES string of the molecule is O=C(O)CC1(c2c[nH]c3ccccc23)COC1. The van der Waals surface area contributed by atoms with Crippen LogP contribution in [-0.4, -0.2) is 29.3 Å². The fourth-order valence-electron chi connectivity index (χ4n) is 2.50. The summed E-state index contributed by atoms with van der Waals surface area (Å²) in [6, 6.07) is 7.94. The topological polar surface area (TPSA) is 62.3 Å². The molecule has 17 heavy (non-hydrogen) atoms. The van der Waals surface area contributed by atoms with Gasteiger partial charge in [0.25, 0.3) is 0 Å². The molecule has 0 radical (unpaired) electrons. The molecule has 4 nitrogen and oxygen atoms in total. The Labute approximate surface area is 98.2 Å². The zero-order valence-corrected chi connectivity index (χ0v) is 9.27. The Morgan fingerprint density at radius 1 is 1.41 bits per heavy atom. The molecule has 0 unspecified atom stereocenters. The van der Waals surface area contributed by atoms with Gasteiger partial charge in [-0.1, -0.05) is 18.2 Å². The second kappa shape index (κ2) is 3.60. The normalized spacial score (nSPS) is 17.9. The average molecular weight is 231 g/mol. The number of hydrogen-bond acceptors (Lipinski definition) is 2. The number of fused-ring (bicyclic) bond motifs is 1. The largest absolute Gasteiger partial charge is 0.481 e. The zero-order valence-electron chi connectivity index (χ0n) is 9.27. The third kappa shape index (κ3) is 1.52. The van der Waals surface area contributed by atoms with Crippen molar-refractivity contribution >= 4 is 16.9 Å². The second-order valence-electron chi connectivity index (χ2n) is 4.59. The van der Waals surface area contributed by atoms with E-state index in [2.05, 4.69) is 4.98 Å². The molecular weight excluding hydrogens is 218 g/mol. The van der Waals surface area contributed by atoms with Crippen LogP contribution in [-0.2, 0) is 14.9 Å². The standard InChI is InChI=1S/C13H13NO3/c15-12(16)5-13(7-17-8-13)10-6-14-11-4-2-1-3-9(10)11/h1-4,6,14H,5,7-8H2,(H,15,16). The molecule has 3 rings (SSSR count). The predicted octanol–water partition coefficient (Wildman–Crippen LogP) is 1.91. The first kappa shape index (κ1) is 10.4. The molecule has 1 aromatic carbocycles. The molecule has 1 saturated heterocycles. The van der Waals surface area contributed by atoms with Crippen LogP contribution in [0.2, 0.25) is 0 Å². The van der Waals surface area contributed by atoms with Crippen LogP contribution < -0.4 is 0 Å². The van der Waals surface area contributed by atoms with Crippen molar-refractivity contribution in [1.82, 2.24) is 4.98 Å². The molecule has 0 aliphatic carbocycles. The summed E-state index contributed by atoms with van der Waals surface area (Å²) in [5.74, 6) is -0.779. The molecule has 1 aromatic heterocycles. The Morgan fingerprint density at radius 2 is 2.18 bits per heavy atom. The number of hydrogen-bond donors (Lipinski definition) is 2. The van der Waals surface area contributed by atoms with E-state index >= 15 is 0 Å². The Morgan fingerprint density at radius 3 is 2.82 bits per heavy atom. The maximum absolute atomic E-state index is 11.0. The third-order valence-electron chi connectivity index (χ3n) is 3.41. The van der Waals surface area contributed by atoms with Crippen LogP contribution in [0.3, 0.4) is 0 Å². The Bertz CT molecular complexity index is 569. The Kier molecular flexibility index (Phi) is 2.19. The lowest BCUT2D eigenvalue weighted by Gasteiger charge is -2.40. The second-order valence-corrected chi connectivity index (χ2v) is 4.59. The number of aromatic nitrogens is 1. The van der Waals surface area contributed by atoms with E-state index in [0.717, 1.165) is 16.5 Å². The molecule has 88 valence electrons. The van der Waals surface area contributed by atoms with Crippen molar-refractivity contribution in [1.29, 1.82) is 0 Å². The van der Waals surface area contributed by atoms with Crippen LogP contribution in [0, 0.1) is 0 Å². The van der Waals surface area contributed by atoms with Crippen molar-refractivity contribution in [2.45, 2.75) is 11.8 Å². The minimum absolute atomic E-state index is 0.120. The highest BCUT2D eigenvalue weighted by Gasteiger charge is 2.43. The van der Waals surface area contributed by atoms with E-state index in [1.54, 1.807) is 0 Å².